The summed E-state index contributed by atoms with van der Waals surface area (Å²) in [6.07, 6.45) is -1.75. The number of hydrogen-bond acceptors (Lipinski definition) is 10. The topological polar surface area (TPSA) is 191 Å². The lowest BCUT2D eigenvalue weighted by molar-refractivity contribution is -0.114. The number of anilines is 4. The summed E-state index contributed by atoms with van der Waals surface area (Å²) in [5.74, 6) is 0.686. The van der Waals surface area contributed by atoms with Gasteiger partial charge in [0, 0.05) is 6.92 Å². The largest absolute Gasteiger partial charge is 0.511 e. The van der Waals surface area contributed by atoms with Crippen molar-refractivity contribution in [2.24, 2.45) is 5.73 Å². The second-order valence-electron chi connectivity index (χ2n) is 6.18. The Bertz CT molecular complexity index is 846. The molecule has 0 aliphatic rings. The van der Waals surface area contributed by atoms with Gasteiger partial charge in [-0.2, -0.15) is 0 Å². The van der Waals surface area contributed by atoms with Crippen LogP contribution in [0.1, 0.15) is 20.8 Å². The number of rotatable bonds is 6. The molecule has 2 rings (SSSR count). The van der Waals surface area contributed by atoms with Crippen molar-refractivity contribution in [3.8, 4) is 5.75 Å². The van der Waals surface area contributed by atoms with Gasteiger partial charge < -0.3 is 42.5 Å². The van der Waals surface area contributed by atoms with Crippen molar-refractivity contribution in [2.75, 3.05) is 29.1 Å². The van der Waals surface area contributed by atoms with E-state index in [1.807, 2.05) is 0 Å². The smallest absolute Gasteiger partial charge is 0.453 e. The van der Waals surface area contributed by atoms with Crippen LogP contribution < -0.4 is 33.0 Å². The van der Waals surface area contributed by atoms with Gasteiger partial charge in [-0.15, -0.1) is 0 Å². The number of carbonyl (C=O) groups excluding carboxylic acids is 2. The SMILES string of the molecule is CC(C)OC(=O)OC(C)Oc1ccccc1N.NCC(=O)Nc1ccc(N)c(N)n1. The molecule has 0 saturated carbocycles. The summed E-state index contributed by atoms with van der Waals surface area (Å²) >= 11 is 0. The third-order valence-electron chi connectivity index (χ3n) is 3.22. The van der Waals surface area contributed by atoms with Gasteiger partial charge in [0.2, 0.25) is 12.2 Å². The zero-order valence-corrected chi connectivity index (χ0v) is 17.1. The van der Waals surface area contributed by atoms with Crippen LogP contribution in [0.3, 0.4) is 0 Å². The monoisotopic (exact) mass is 420 g/mol. The van der Waals surface area contributed by atoms with Crippen LogP contribution >= 0.6 is 0 Å². The number of amides is 1. The number of para-hydroxylation sites is 2. The number of nitrogen functional groups attached to an aromatic ring is 3. The Morgan fingerprint density at radius 3 is 2.23 bits per heavy atom. The lowest BCUT2D eigenvalue weighted by Gasteiger charge is -2.17. The summed E-state index contributed by atoms with van der Waals surface area (Å²) in [6.45, 7) is 4.98. The van der Waals surface area contributed by atoms with Gasteiger partial charge in [0.15, 0.2) is 0 Å². The normalized spacial score (nSPS) is 11.0. The molecule has 30 heavy (non-hydrogen) atoms. The molecule has 2 aromatic rings. The van der Waals surface area contributed by atoms with Crippen LogP contribution in [0.25, 0.3) is 0 Å². The van der Waals surface area contributed by atoms with Gasteiger partial charge in [-0.3, -0.25) is 4.79 Å². The Morgan fingerprint density at radius 2 is 1.67 bits per heavy atom. The quantitative estimate of drug-likeness (QED) is 0.261. The summed E-state index contributed by atoms with van der Waals surface area (Å²) in [5, 5.41) is 2.45. The van der Waals surface area contributed by atoms with Crippen molar-refractivity contribution >= 4 is 35.1 Å². The van der Waals surface area contributed by atoms with E-state index in [0.29, 0.717) is 22.9 Å². The first-order valence-corrected chi connectivity index (χ1v) is 9.02. The molecule has 1 heterocycles. The molecule has 164 valence electrons. The number of nitrogens with zero attached hydrogens (tertiary/aromatic N) is 1. The number of aromatic nitrogens is 1. The number of nitrogens with two attached hydrogens (primary N) is 4. The summed E-state index contributed by atoms with van der Waals surface area (Å²) in [4.78, 5) is 25.8. The van der Waals surface area contributed by atoms with Crippen LogP contribution in [0.15, 0.2) is 36.4 Å². The minimum absolute atomic E-state index is 0.0913. The summed E-state index contributed by atoms with van der Waals surface area (Å²) in [5.41, 5.74) is 22.5. The molecule has 9 N–H and O–H groups in total. The molecule has 0 radical (unpaired) electrons. The second kappa shape index (κ2) is 12.0. The molecule has 11 heteroatoms. The molecule has 1 amide bonds. The first-order valence-electron chi connectivity index (χ1n) is 9.02. The van der Waals surface area contributed by atoms with Gasteiger partial charge in [0.05, 0.1) is 24.0 Å². The molecule has 1 aromatic carbocycles. The maximum absolute atomic E-state index is 11.2. The van der Waals surface area contributed by atoms with Crippen LogP contribution in [-0.2, 0) is 14.3 Å². The lowest BCUT2D eigenvalue weighted by atomic mass is 10.3. The molecule has 11 nitrogen and oxygen atoms in total. The van der Waals surface area contributed by atoms with Gasteiger partial charge in [-0.25, -0.2) is 9.78 Å². The van der Waals surface area contributed by atoms with Crippen LogP contribution in [-0.4, -0.2) is 36.0 Å². The Labute approximate surface area is 174 Å². The zero-order valence-electron chi connectivity index (χ0n) is 17.1. The molecule has 0 bridgehead atoms. The summed E-state index contributed by atoms with van der Waals surface area (Å²) < 4.78 is 15.0. The third kappa shape index (κ3) is 8.97. The number of hydrogen-bond donors (Lipinski definition) is 5. The molecule has 0 saturated heterocycles. The summed E-state index contributed by atoms with van der Waals surface area (Å²) in [6, 6.07) is 10.1. The predicted octanol–water partition coefficient (Wildman–Crippen LogP) is 1.70. The molecule has 1 aromatic heterocycles. The summed E-state index contributed by atoms with van der Waals surface area (Å²) in [7, 11) is 0. The van der Waals surface area contributed by atoms with Crippen LogP contribution in [0, 0.1) is 0 Å². The van der Waals surface area contributed by atoms with Crippen molar-refractivity contribution in [3.05, 3.63) is 36.4 Å². The van der Waals surface area contributed by atoms with E-state index in [9.17, 15) is 9.59 Å². The number of carbonyl (C=O) groups is 2. The minimum Gasteiger partial charge on any atom is -0.453 e. The fourth-order valence-electron chi connectivity index (χ4n) is 1.90. The van der Waals surface area contributed by atoms with Crippen molar-refractivity contribution in [2.45, 2.75) is 33.2 Å². The predicted molar refractivity (Wildman–Crippen MR) is 114 cm³/mol. The van der Waals surface area contributed by atoms with E-state index in [1.54, 1.807) is 57.2 Å². The van der Waals surface area contributed by atoms with Gasteiger partial charge >= 0.3 is 6.16 Å². The zero-order chi connectivity index (χ0) is 22.7. The molecule has 0 aliphatic carbocycles. The van der Waals surface area contributed by atoms with Gasteiger partial charge in [-0.05, 0) is 38.1 Å². The Hall–Kier alpha value is -3.73. The van der Waals surface area contributed by atoms with E-state index in [2.05, 4.69) is 10.3 Å². The average molecular weight is 420 g/mol. The Morgan fingerprint density at radius 1 is 1.00 bits per heavy atom. The Kier molecular flexibility index (Phi) is 9.70. The first kappa shape index (κ1) is 24.3. The van der Waals surface area contributed by atoms with Crippen molar-refractivity contribution in [1.82, 2.24) is 4.98 Å². The maximum atomic E-state index is 11.2. The van der Waals surface area contributed by atoms with Crippen LogP contribution in [0.2, 0.25) is 0 Å². The van der Waals surface area contributed by atoms with Crippen LogP contribution in [0.5, 0.6) is 5.75 Å². The fraction of sp³-hybridized carbons (Fsp3) is 0.316. The first-order chi connectivity index (χ1) is 14.1. The van der Waals surface area contributed by atoms with E-state index in [4.69, 9.17) is 37.1 Å². The molecule has 0 aliphatic heterocycles. The van der Waals surface area contributed by atoms with Crippen molar-refractivity contribution in [3.63, 3.8) is 0 Å². The fourth-order valence-corrected chi connectivity index (χ4v) is 1.90. The molecular formula is C19H28N6O5. The van der Waals surface area contributed by atoms with E-state index < -0.39 is 12.4 Å². The van der Waals surface area contributed by atoms with Crippen molar-refractivity contribution in [1.29, 1.82) is 0 Å². The highest BCUT2D eigenvalue weighted by atomic mass is 16.8. The van der Waals surface area contributed by atoms with E-state index in [1.165, 1.54) is 0 Å². The standard InChI is InChI=1S/C12H17NO4.C7H11N5O/c1-8(2)15-12(14)17-9(3)16-11-7-5-4-6-10(11)13;8-3-6(13)11-5-2-1-4(9)7(10)12-5/h4-9H,13H2,1-3H3;1-2H,3,8-9H2,(H3,10,11,12,13). The molecule has 0 spiro atoms. The second-order valence-corrected chi connectivity index (χ2v) is 6.18. The van der Waals surface area contributed by atoms with Gasteiger partial charge in [0.1, 0.15) is 17.4 Å². The lowest BCUT2D eigenvalue weighted by Crippen LogP contribution is -2.23. The van der Waals surface area contributed by atoms with E-state index in [0.717, 1.165) is 0 Å². The molecule has 1 atom stereocenters. The highest BCUT2D eigenvalue weighted by Crippen LogP contribution is 2.21. The van der Waals surface area contributed by atoms with Gasteiger partial charge in [-0.1, -0.05) is 12.1 Å². The highest BCUT2D eigenvalue weighted by molar-refractivity contribution is 5.91. The number of nitrogens with one attached hydrogen (secondary N) is 1. The Balaban J connectivity index is 0.000000311. The third-order valence-corrected chi connectivity index (χ3v) is 3.22. The number of ether oxygens (including phenoxy) is 3. The number of pyridine rings is 1. The van der Waals surface area contributed by atoms with E-state index in [-0.39, 0.29) is 24.4 Å². The minimum atomic E-state index is -0.762. The molecule has 0 fully saturated rings. The molecule has 1 unspecified atom stereocenters. The maximum Gasteiger partial charge on any atom is 0.511 e. The van der Waals surface area contributed by atoms with Gasteiger partial charge in [0.25, 0.3) is 0 Å². The number of benzene rings is 1. The molecular weight excluding hydrogens is 392 g/mol. The average Bonchev–Trinajstić information content (AvgIpc) is 2.66. The highest BCUT2D eigenvalue weighted by Gasteiger charge is 2.14. The van der Waals surface area contributed by atoms with E-state index >= 15 is 0 Å². The van der Waals surface area contributed by atoms with Crippen LogP contribution in [0.4, 0.5) is 27.8 Å². The van der Waals surface area contributed by atoms with Crippen molar-refractivity contribution < 1.29 is 23.8 Å².